The smallest absolute Gasteiger partial charge is 0.0184 e. The Kier molecular flexibility index (Phi) is 7.93. The molecule has 0 aliphatic heterocycles. The maximum Gasteiger partial charge on any atom is -0.0184 e. The third-order valence-electron chi connectivity index (χ3n) is 6.33. The summed E-state index contributed by atoms with van der Waals surface area (Å²) in [6.45, 7) is 14.1. The molecule has 29 heavy (non-hydrogen) atoms. The molecule has 1 N–H and O–H groups in total. The van der Waals surface area contributed by atoms with E-state index < -0.39 is 24.0 Å². The van der Waals surface area contributed by atoms with Crippen molar-refractivity contribution in [1.29, 1.82) is 0 Å². The second-order valence-corrected chi connectivity index (χ2v) is 21.5. The molecule has 1 nitrogen and oxygen atoms in total. The quantitative estimate of drug-likeness (QED) is 0.503. The van der Waals surface area contributed by atoms with E-state index in [9.17, 15) is 0 Å². The number of allylic oxidation sites excluding steroid dienone is 4. The third kappa shape index (κ3) is 5.70. The van der Waals surface area contributed by atoms with Crippen LogP contribution in [0.5, 0.6) is 0 Å². The Morgan fingerprint density at radius 1 is 0.793 bits per heavy atom. The summed E-state index contributed by atoms with van der Waals surface area (Å²) in [5.41, 5.74) is 7.43. The van der Waals surface area contributed by atoms with E-state index in [1.807, 2.05) is 16.0 Å². The van der Waals surface area contributed by atoms with Gasteiger partial charge in [0.05, 0.1) is 0 Å². The topological polar surface area (TPSA) is 12.0 Å². The Bertz CT molecular complexity index is 829. The van der Waals surface area contributed by atoms with Crippen molar-refractivity contribution in [2.24, 2.45) is 5.92 Å². The average molecular weight is 439 g/mol. The molecule has 0 heterocycles. The van der Waals surface area contributed by atoms with Crippen LogP contribution in [0.4, 0.5) is 0 Å². The Morgan fingerprint density at radius 3 is 1.62 bits per heavy atom. The van der Waals surface area contributed by atoms with Gasteiger partial charge in [0.25, 0.3) is 0 Å². The molecule has 1 atom stereocenters. The van der Waals surface area contributed by atoms with Gasteiger partial charge < -0.3 is 0 Å². The van der Waals surface area contributed by atoms with Crippen LogP contribution in [0, 0.1) is 5.92 Å². The summed E-state index contributed by atoms with van der Waals surface area (Å²) in [6, 6.07) is 21.7. The molecule has 0 amide bonds. The monoisotopic (exact) mass is 438 g/mol. The van der Waals surface area contributed by atoms with Crippen LogP contribution in [0.15, 0.2) is 81.3 Å². The molecule has 0 saturated heterocycles. The number of hydrogen-bond donors (Lipinski definition) is 1. The molecule has 2 aliphatic rings. The Labute approximate surface area is 185 Å². The zero-order valence-electron chi connectivity index (χ0n) is 18.9. The summed E-state index contributed by atoms with van der Waals surface area (Å²) in [5.74, 6) is 0.742. The second kappa shape index (κ2) is 10.2. The van der Waals surface area contributed by atoms with Gasteiger partial charge in [0.2, 0.25) is 0 Å². The van der Waals surface area contributed by atoms with Gasteiger partial charge in [-0.05, 0) is 11.1 Å². The first kappa shape index (κ1) is 22.5. The van der Waals surface area contributed by atoms with E-state index in [0.29, 0.717) is 0 Å². The molecular formula is C26H36NSiTi. The average Bonchev–Trinajstić information content (AvgIpc) is 3.54. The molecule has 0 bridgehead atoms. The fourth-order valence-electron chi connectivity index (χ4n) is 4.06. The second-order valence-electron chi connectivity index (χ2n) is 8.79. The Morgan fingerprint density at radius 2 is 1.28 bits per heavy atom. The van der Waals surface area contributed by atoms with Crippen molar-refractivity contribution in [1.82, 2.24) is 3.80 Å². The maximum atomic E-state index is 4.08. The minimum atomic E-state index is -1.13. The van der Waals surface area contributed by atoms with Crippen molar-refractivity contribution < 1.29 is 17.4 Å². The van der Waals surface area contributed by atoms with Gasteiger partial charge in [-0.3, -0.25) is 0 Å². The van der Waals surface area contributed by atoms with Gasteiger partial charge in [-0.15, -0.1) is 0 Å². The van der Waals surface area contributed by atoms with E-state index in [1.54, 1.807) is 16.7 Å². The van der Waals surface area contributed by atoms with Gasteiger partial charge in [0, 0.05) is 0 Å². The van der Waals surface area contributed by atoms with Crippen LogP contribution in [-0.4, -0.2) is 12.7 Å². The van der Waals surface area contributed by atoms with E-state index in [2.05, 4.69) is 93.1 Å². The predicted molar refractivity (Wildman–Crippen MR) is 127 cm³/mol. The van der Waals surface area contributed by atoms with Crippen LogP contribution in [0.2, 0.25) is 13.1 Å². The summed E-state index contributed by atoms with van der Waals surface area (Å²) in [7, 11) is 0. The van der Waals surface area contributed by atoms with Crippen LogP contribution < -0.4 is 3.80 Å². The number of benzene rings is 2. The standard InChI is InChI=1S/C12H10.C9H13.C3H6N.C2H7Si.Ti/c1-3-7-11(8-4-1)12-9-5-2-6-10-12;1-6-5-7(2)9(4)8(6)3;4-3-1-2-3;1-3-2;/h1-10H;6H,1-4H3;3-4H,1-2H2;3H,1-2H3;/q;;-1;;+1. The summed E-state index contributed by atoms with van der Waals surface area (Å²) in [5, 5.41) is 0. The summed E-state index contributed by atoms with van der Waals surface area (Å²) < 4.78 is 5.96. The van der Waals surface area contributed by atoms with Crippen LogP contribution in [0.25, 0.3) is 11.1 Å². The zero-order chi connectivity index (χ0) is 21.0. The predicted octanol–water partition coefficient (Wildman–Crippen LogP) is 6.87. The molecule has 4 rings (SSSR count). The molecule has 0 aromatic heterocycles. The normalized spacial score (nSPS) is 18.8. The zero-order valence-corrected chi connectivity index (χ0v) is 21.6. The Balaban J connectivity index is 0.000000176. The van der Waals surface area contributed by atoms with Crippen molar-refractivity contribution in [3.63, 3.8) is 0 Å². The van der Waals surface area contributed by atoms with Crippen molar-refractivity contribution >= 4 is 6.66 Å². The van der Waals surface area contributed by atoms with Gasteiger partial charge in [-0.2, -0.15) is 0 Å². The molecular weight excluding hydrogens is 402 g/mol. The SMILES string of the molecule is CC1=C(C)C(C)[C]([Ti]([NH]C2CC2)[SiH](C)C)=C1C.c1ccc(-c2ccccc2)cc1. The Hall–Kier alpha value is -1.19. The molecule has 3 heteroatoms. The minimum absolute atomic E-state index is 0.515. The summed E-state index contributed by atoms with van der Waals surface area (Å²) in [6.07, 6.45) is 2.87. The fourth-order valence-corrected chi connectivity index (χ4v) is 15.8. The molecule has 1 fully saturated rings. The van der Waals surface area contributed by atoms with Gasteiger partial charge in [0.15, 0.2) is 0 Å². The van der Waals surface area contributed by atoms with Crippen LogP contribution >= 0.6 is 0 Å². The molecule has 0 spiro atoms. The van der Waals surface area contributed by atoms with Gasteiger partial charge in [-0.25, -0.2) is 0 Å². The summed E-state index contributed by atoms with van der Waals surface area (Å²) in [4.78, 5) is 0. The molecule has 2 aliphatic carbocycles. The molecule has 1 saturated carbocycles. The number of rotatable bonds is 5. The van der Waals surface area contributed by atoms with Crippen LogP contribution in [-0.2, 0) is 17.4 Å². The van der Waals surface area contributed by atoms with Crippen molar-refractivity contribution in [2.75, 3.05) is 0 Å². The first-order valence-corrected chi connectivity index (χ1v) is 18.2. The van der Waals surface area contributed by atoms with Crippen molar-refractivity contribution in [3.8, 4) is 11.1 Å². The molecule has 0 radical (unpaired) electrons. The van der Waals surface area contributed by atoms with Gasteiger partial charge >= 0.3 is 114 Å². The summed E-state index contributed by atoms with van der Waals surface area (Å²) >= 11 is -1.13. The fraction of sp³-hybridized carbons (Fsp3) is 0.385. The number of nitrogens with one attached hydrogen (secondary N) is 1. The minimum Gasteiger partial charge on any atom is -0.0622 e. The van der Waals surface area contributed by atoms with Crippen molar-refractivity contribution in [3.05, 3.63) is 81.3 Å². The molecule has 2 aromatic rings. The first-order valence-electron chi connectivity index (χ1n) is 11.0. The maximum absolute atomic E-state index is 4.08. The molecule has 153 valence electrons. The van der Waals surface area contributed by atoms with E-state index >= 15 is 0 Å². The van der Waals surface area contributed by atoms with E-state index in [-0.39, 0.29) is 0 Å². The molecule has 2 aromatic carbocycles. The van der Waals surface area contributed by atoms with Crippen LogP contribution in [0.1, 0.15) is 40.5 Å². The largest absolute Gasteiger partial charge is 0.0622 e. The van der Waals surface area contributed by atoms with Gasteiger partial charge in [-0.1, -0.05) is 60.7 Å². The van der Waals surface area contributed by atoms with Gasteiger partial charge in [0.1, 0.15) is 0 Å². The van der Waals surface area contributed by atoms with E-state index in [0.717, 1.165) is 12.0 Å². The molecule has 1 unspecified atom stereocenters. The third-order valence-corrected chi connectivity index (χ3v) is 18.2. The number of hydrogen-bond acceptors (Lipinski definition) is 1. The van der Waals surface area contributed by atoms with Crippen LogP contribution in [0.3, 0.4) is 0 Å². The first-order chi connectivity index (χ1) is 13.9. The van der Waals surface area contributed by atoms with E-state index in [4.69, 9.17) is 0 Å². The van der Waals surface area contributed by atoms with Crippen molar-refractivity contribution in [2.45, 2.75) is 59.7 Å². The van der Waals surface area contributed by atoms with E-state index in [1.165, 1.54) is 24.0 Å².